The van der Waals surface area contributed by atoms with Crippen LogP contribution in [0, 0.1) is 0 Å². The van der Waals surface area contributed by atoms with Crippen LogP contribution in [0.2, 0.25) is 5.02 Å². The minimum Gasteiger partial charge on any atom is -0.256 e. The number of para-hydroxylation sites is 1. The van der Waals surface area contributed by atoms with Crippen LogP contribution in [-0.2, 0) is 0 Å². The molecule has 0 aliphatic carbocycles. The van der Waals surface area contributed by atoms with E-state index in [1.54, 1.807) is 10.0 Å². The highest BCUT2D eigenvalue weighted by Gasteiger charge is 2.24. The molecule has 2 rings (SSSR count). The molecule has 82 valence electrons. The molecule has 1 aliphatic rings. The molecule has 0 saturated carbocycles. The molecule has 0 amide bonds. The van der Waals surface area contributed by atoms with Crippen molar-refractivity contribution in [3.05, 3.63) is 29.3 Å². The number of hydrogen-bond acceptors (Lipinski definition) is 4. The molecule has 1 aliphatic heterocycles. The molecule has 4 nitrogen and oxygen atoms in total. The van der Waals surface area contributed by atoms with Gasteiger partial charge in [-0.1, -0.05) is 29.0 Å². The van der Waals surface area contributed by atoms with Crippen LogP contribution in [0.3, 0.4) is 0 Å². The zero-order valence-electron chi connectivity index (χ0n) is 8.46. The van der Waals surface area contributed by atoms with Crippen molar-refractivity contribution >= 4 is 29.7 Å². The summed E-state index contributed by atoms with van der Waals surface area (Å²) in [6, 6.07) is 7.60. The summed E-state index contributed by atoms with van der Waals surface area (Å²) < 4.78 is 0. The second-order valence-corrected chi connectivity index (χ2v) is 3.59. The van der Waals surface area contributed by atoms with Crippen molar-refractivity contribution in [2.45, 2.75) is 13.1 Å². The molecular weight excluding hydrogens is 235 g/mol. The van der Waals surface area contributed by atoms with E-state index >= 15 is 0 Å². The van der Waals surface area contributed by atoms with E-state index in [4.69, 9.17) is 11.6 Å². The van der Waals surface area contributed by atoms with Gasteiger partial charge in [0.25, 0.3) is 0 Å². The maximum atomic E-state index is 6.06. The van der Waals surface area contributed by atoms with Crippen LogP contribution in [0.25, 0.3) is 0 Å². The monoisotopic (exact) mass is 246 g/mol. The van der Waals surface area contributed by atoms with E-state index < -0.39 is 0 Å². The molecule has 0 N–H and O–H groups in total. The third kappa shape index (κ3) is 2.16. The standard InChI is InChI=1S/C9H11ClN4.ClH/c1-7-13(2)11-12-14(7)9-6-4-3-5-8(9)10;/h3-7H,1-2H3;1H. The van der Waals surface area contributed by atoms with Gasteiger partial charge < -0.3 is 0 Å². The third-order valence-electron chi connectivity index (χ3n) is 2.27. The molecule has 0 saturated heterocycles. The minimum absolute atomic E-state index is 0. The van der Waals surface area contributed by atoms with Crippen molar-refractivity contribution < 1.29 is 0 Å². The van der Waals surface area contributed by atoms with Gasteiger partial charge in [-0.3, -0.25) is 5.01 Å². The van der Waals surface area contributed by atoms with E-state index in [-0.39, 0.29) is 18.6 Å². The Bertz CT molecular complexity index is 369. The Kier molecular flexibility index (Phi) is 3.77. The first-order chi connectivity index (χ1) is 6.70. The summed E-state index contributed by atoms with van der Waals surface area (Å²) in [6.45, 7) is 2.02. The van der Waals surface area contributed by atoms with Crippen LogP contribution in [-0.4, -0.2) is 18.2 Å². The molecule has 0 fully saturated rings. The second-order valence-electron chi connectivity index (χ2n) is 3.18. The van der Waals surface area contributed by atoms with E-state index in [2.05, 4.69) is 10.4 Å². The number of halogens is 2. The minimum atomic E-state index is 0. The van der Waals surface area contributed by atoms with E-state index in [0.717, 1.165) is 5.69 Å². The molecule has 1 heterocycles. The van der Waals surface area contributed by atoms with Gasteiger partial charge in [-0.15, -0.1) is 12.4 Å². The van der Waals surface area contributed by atoms with Crippen molar-refractivity contribution in [1.29, 1.82) is 0 Å². The second kappa shape index (κ2) is 4.68. The highest BCUT2D eigenvalue weighted by atomic mass is 35.5. The largest absolute Gasteiger partial charge is 0.256 e. The fourth-order valence-electron chi connectivity index (χ4n) is 1.30. The lowest BCUT2D eigenvalue weighted by molar-refractivity contribution is 0.303. The van der Waals surface area contributed by atoms with Gasteiger partial charge in [0.15, 0.2) is 0 Å². The van der Waals surface area contributed by atoms with Gasteiger partial charge in [0.1, 0.15) is 6.17 Å². The molecular formula is C9H12Cl2N4. The zero-order chi connectivity index (χ0) is 10.1. The molecule has 1 aromatic rings. The van der Waals surface area contributed by atoms with Gasteiger partial charge in [0.2, 0.25) is 0 Å². The lowest BCUT2D eigenvalue weighted by Crippen LogP contribution is -2.33. The lowest BCUT2D eigenvalue weighted by atomic mass is 10.3. The molecule has 0 bridgehead atoms. The smallest absolute Gasteiger partial charge is 0.139 e. The predicted molar refractivity (Wildman–Crippen MR) is 63.3 cm³/mol. The van der Waals surface area contributed by atoms with Crippen LogP contribution in [0.4, 0.5) is 5.69 Å². The quantitative estimate of drug-likeness (QED) is 0.763. The van der Waals surface area contributed by atoms with Gasteiger partial charge in [-0.2, -0.15) is 0 Å². The number of nitrogens with zero attached hydrogens (tertiary/aromatic N) is 4. The van der Waals surface area contributed by atoms with Crippen LogP contribution in [0.5, 0.6) is 0 Å². The van der Waals surface area contributed by atoms with E-state index in [0.29, 0.717) is 5.02 Å². The summed E-state index contributed by atoms with van der Waals surface area (Å²) in [6.07, 6.45) is 0.106. The van der Waals surface area contributed by atoms with Gasteiger partial charge in [0.05, 0.1) is 10.7 Å². The fraction of sp³-hybridized carbons (Fsp3) is 0.333. The van der Waals surface area contributed by atoms with E-state index in [1.807, 2.05) is 38.2 Å². The maximum absolute atomic E-state index is 6.06. The lowest BCUT2D eigenvalue weighted by Gasteiger charge is -2.22. The Balaban J connectivity index is 0.00000112. The number of anilines is 1. The first-order valence-corrected chi connectivity index (χ1v) is 4.76. The Morgan fingerprint density at radius 3 is 2.47 bits per heavy atom. The topological polar surface area (TPSA) is 31.2 Å². The number of hydrogen-bond donors (Lipinski definition) is 0. The summed E-state index contributed by atoms with van der Waals surface area (Å²) in [5.41, 5.74) is 0.884. The van der Waals surface area contributed by atoms with Crippen LogP contribution >= 0.6 is 24.0 Å². The Labute approximate surface area is 99.9 Å². The predicted octanol–water partition coefficient (Wildman–Crippen LogP) is 3.14. The van der Waals surface area contributed by atoms with Crippen molar-refractivity contribution in [1.82, 2.24) is 5.01 Å². The summed E-state index contributed by atoms with van der Waals surface area (Å²) in [5, 5.41) is 12.2. The van der Waals surface area contributed by atoms with Crippen molar-refractivity contribution in [3.8, 4) is 0 Å². The summed E-state index contributed by atoms with van der Waals surface area (Å²) in [5.74, 6) is 0. The first kappa shape index (κ1) is 12.1. The van der Waals surface area contributed by atoms with Crippen LogP contribution in [0.1, 0.15) is 6.92 Å². The summed E-state index contributed by atoms with van der Waals surface area (Å²) in [4.78, 5) is 0. The number of rotatable bonds is 1. The molecule has 1 unspecified atom stereocenters. The maximum Gasteiger partial charge on any atom is 0.139 e. The molecule has 0 radical (unpaired) electrons. The van der Waals surface area contributed by atoms with Gasteiger partial charge in [-0.25, -0.2) is 5.01 Å². The molecule has 15 heavy (non-hydrogen) atoms. The Morgan fingerprint density at radius 1 is 1.27 bits per heavy atom. The average molecular weight is 247 g/mol. The molecule has 1 aromatic carbocycles. The molecule has 6 heteroatoms. The van der Waals surface area contributed by atoms with Gasteiger partial charge >= 0.3 is 0 Å². The third-order valence-corrected chi connectivity index (χ3v) is 2.59. The van der Waals surface area contributed by atoms with Gasteiger partial charge in [-0.05, 0) is 24.3 Å². The van der Waals surface area contributed by atoms with E-state index in [9.17, 15) is 0 Å². The van der Waals surface area contributed by atoms with Crippen molar-refractivity contribution in [2.24, 2.45) is 10.4 Å². The molecule has 0 aromatic heterocycles. The zero-order valence-corrected chi connectivity index (χ0v) is 10.0. The van der Waals surface area contributed by atoms with Gasteiger partial charge in [0, 0.05) is 7.05 Å². The van der Waals surface area contributed by atoms with Crippen molar-refractivity contribution in [3.63, 3.8) is 0 Å². The molecule has 1 atom stereocenters. The Hall–Kier alpha value is -1.000. The highest BCUT2D eigenvalue weighted by molar-refractivity contribution is 6.33. The number of benzene rings is 1. The SMILES string of the molecule is CC1N(C)N=NN1c1ccccc1Cl.Cl. The summed E-state index contributed by atoms with van der Waals surface area (Å²) in [7, 11) is 1.88. The highest BCUT2D eigenvalue weighted by Crippen LogP contribution is 2.30. The normalized spacial score (nSPS) is 19.3. The average Bonchev–Trinajstić information content (AvgIpc) is 2.49. The van der Waals surface area contributed by atoms with Crippen LogP contribution in [0.15, 0.2) is 34.7 Å². The summed E-state index contributed by atoms with van der Waals surface area (Å²) >= 11 is 6.06. The Morgan fingerprint density at radius 2 is 1.93 bits per heavy atom. The molecule has 0 spiro atoms. The van der Waals surface area contributed by atoms with Crippen molar-refractivity contribution in [2.75, 3.05) is 12.1 Å². The van der Waals surface area contributed by atoms with Crippen LogP contribution < -0.4 is 5.01 Å². The first-order valence-electron chi connectivity index (χ1n) is 4.38. The fourth-order valence-corrected chi connectivity index (χ4v) is 1.52. The van der Waals surface area contributed by atoms with E-state index in [1.165, 1.54) is 0 Å².